The van der Waals surface area contributed by atoms with Crippen LogP contribution in [0.3, 0.4) is 0 Å². The minimum atomic E-state index is -1.46. The van der Waals surface area contributed by atoms with Crippen LogP contribution < -0.4 is 0 Å². The number of carboxylic acids is 2. The van der Waals surface area contributed by atoms with E-state index in [2.05, 4.69) is 0 Å². The Balaban J connectivity index is 4.54. The fraction of sp³-hybridized carbons (Fsp3) is 0.750. The van der Waals surface area contributed by atoms with Gasteiger partial charge in [0.25, 0.3) is 0 Å². The molecule has 6 nitrogen and oxygen atoms in total. The zero-order valence-corrected chi connectivity index (χ0v) is 8.10. The first-order chi connectivity index (χ1) is 6.54. The van der Waals surface area contributed by atoms with Crippen molar-refractivity contribution in [3.05, 3.63) is 0 Å². The zero-order chi connectivity index (χ0) is 11.1. The lowest BCUT2D eigenvalue weighted by atomic mass is 10.2. The average Bonchev–Trinajstić information content (AvgIpc) is 2.10. The van der Waals surface area contributed by atoms with E-state index < -0.39 is 24.1 Å². The van der Waals surface area contributed by atoms with E-state index in [4.69, 9.17) is 19.7 Å². The van der Waals surface area contributed by atoms with Crippen molar-refractivity contribution < 1.29 is 29.3 Å². The van der Waals surface area contributed by atoms with Crippen LogP contribution in [0.2, 0.25) is 0 Å². The molecule has 0 spiro atoms. The molecule has 0 aliphatic rings. The van der Waals surface area contributed by atoms with Crippen LogP contribution in [0.25, 0.3) is 0 Å². The lowest BCUT2D eigenvalue weighted by Gasteiger charge is -2.19. The molecule has 0 saturated heterocycles. The Hall–Kier alpha value is -1.14. The molecule has 0 amide bonds. The lowest BCUT2D eigenvalue weighted by molar-refractivity contribution is -0.175. The molecule has 2 atom stereocenters. The number of carbonyl (C=O) groups is 2. The molecule has 82 valence electrons. The van der Waals surface area contributed by atoms with E-state index in [-0.39, 0.29) is 13.2 Å². The number of aliphatic carboxylic acids is 2. The summed E-state index contributed by atoms with van der Waals surface area (Å²) in [5.74, 6) is -2.68. The molecule has 0 radical (unpaired) electrons. The summed E-state index contributed by atoms with van der Waals surface area (Å²) in [6.07, 6.45) is -2.92. The Morgan fingerprint density at radius 3 is 1.43 bits per heavy atom. The number of ether oxygens (including phenoxy) is 2. The predicted molar refractivity (Wildman–Crippen MR) is 46.1 cm³/mol. The number of rotatable bonds is 7. The van der Waals surface area contributed by atoms with Crippen molar-refractivity contribution in [3.8, 4) is 0 Å². The van der Waals surface area contributed by atoms with Crippen LogP contribution in [-0.2, 0) is 19.1 Å². The summed E-state index contributed by atoms with van der Waals surface area (Å²) in [5.41, 5.74) is 0. The molecule has 2 N–H and O–H groups in total. The van der Waals surface area contributed by atoms with Crippen LogP contribution in [0, 0.1) is 0 Å². The van der Waals surface area contributed by atoms with Crippen LogP contribution in [-0.4, -0.2) is 47.6 Å². The first-order valence-electron chi connectivity index (χ1n) is 4.23. The number of hydrogen-bond donors (Lipinski definition) is 2. The van der Waals surface area contributed by atoms with Gasteiger partial charge >= 0.3 is 11.9 Å². The third-order valence-corrected chi connectivity index (χ3v) is 1.45. The van der Waals surface area contributed by atoms with Crippen molar-refractivity contribution >= 4 is 11.9 Å². The van der Waals surface area contributed by atoms with Crippen molar-refractivity contribution in [3.63, 3.8) is 0 Å². The van der Waals surface area contributed by atoms with E-state index in [1.165, 1.54) is 0 Å². The third-order valence-electron chi connectivity index (χ3n) is 1.45. The fourth-order valence-corrected chi connectivity index (χ4v) is 0.935. The Kier molecular flexibility index (Phi) is 5.82. The first kappa shape index (κ1) is 12.9. The molecule has 0 saturated carbocycles. The molecule has 0 bridgehead atoms. The van der Waals surface area contributed by atoms with Gasteiger partial charge in [-0.25, -0.2) is 9.59 Å². The van der Waals surface area contributed by atoms with E-state index >= 15 is 0 Å². The van der Waals surface area contributed by atoms with Gasteiger partial charge in [0.15, 0.2) is 12.2 Å². The standard InChI is InChI=1S/C8H14O6/c1-3-13-5(7(9)10)6(8(11)12)14-4-2/h5-6H,3-4H2,1-2H3,(H,9,10)(H,11,12). The summed E-state index contributed by atoms with van der Waals surface area (Å²) in [4.78, 5) is 21.3. The zero-order valence-electron chi connectivity index (χ0n) is 8.10. The topological polar surface area (TPSA) is 93.1 Å². The van der Waals surface area contributed by atoms with E-state index in [1.54, 1.807) is 13.8 Å². The summed E-state index contributed by atoms with van der Waals surface area (Å²) >= 11 is 0. The molecule has 0 aromatic rings. The van der Waals surface area contributed by atoms with E-state index in [0.29, 0.717) is 0 Å². The van der Waals surface area contributed by atoms with E-state index in [1.807, 2.05) is 0 Å². The second-order valence-corrected chi connectivity index (χ2v) is 2.43. The van der Waals surface area contributed by atoms with Crippen LogP contribution in [0.4, 0.5) is 0 Å². The van der Waals surface area contributed by atoms with E-state index in [9.17, 15) is 9.59 Å². The molecule has 0 aromatic heterocycles. The van der Waals surface area contributed by atoms with Gasteiger partial charge in [-0.2, -0.15) is 0 Å². The van der Waals surface area contributed by atoms with Crippen molar-refractivity contribution in [1.29, 1.82) is 0 Å². The average molecular weight is 206 g/mol. The van der Waals surface area contributed by atoms with Crippen LogP contribution in [0.1, 0.15) is 13.8 Å². The number of hydrogen-bond acceptors (Lipinski definition) is 4. The second-order valence-electron chi connectivity index (χ2n) is 2.43. The minimum absolute atomic E-state index is 0.119. The van der Waals surface area contributed by atoms with Gasteiger partial charge in [0, 0.05) is 13.2 Å². The van der Waals surface area contributed by atoms with Gasteiger partial charge in [-0.05, 0) is 13.8 Å². The molecular formula is C8H14O6. The molecule has 0 aromatic carbocycles. The molecule has 0 aliphatic heterocycles. The highest BCUT2D eigenvalue weighted by molar-refractivity contribution is 5.83. The maximum atomic E-state index is 10.6. The Morgan fingerprint density at radius 2 is 1.29 bits per heavy atom. The quantitative estimate of drug-likeness (QED) is 0.607. The van der Waals surface area contributed by atoms with Gasteiger partial charge in [0.1, 0.15) is 0 Å². The lowest BCUT2D eigenvalue weighted by Crippen LogP contribution is -2.43. The largest absolute Gasteiger partial charge is 0.479 e. The van der Waals surface area contributed by atoms with Gasteiger partial charge in [-0.15, -0.1) is 0 Å². The first-order valence-corrected chi connectivity index (χ1v) is 4.23. The van der Waals surface area contributed by atoms with Gasteiger partial charge in [-0.1, -0.05) is 0 Å². The molecule has 0 fully saturated rings. The monoisotopic (exact) mass is 206 g/mol. The second kappa shape index (κ2) is 6.33. The Morgan fingerprint density at radius 1 is 1.00 bits per heavy atom. The van der Waals surface area contributed by atoms with Crippen molar-refractivity contribution in [1.82, 2.24) is 0 Å². The fourth-order valence-electron chi connectivity index (χ4n) is 0.935. The van der Waals surface area contributed by atoms with Gasteiger partial charge in [0.2, 0.25) is 0 Å². The molecule has 14 heavy (non-hydrogen) atoms. The number of carboxylic acid groups (broad SMARTS) is 2. The van der Waals surface area contributed by atoms with Crippen LogP contribution in [0.15, 0.2) is 0 Å². The molecule has 0 rings (SSSR count). The predicted octanol–water partition coefficient (Wildman–Crippen LogP) is -0.0342. The molecule has 0 aliphatic carbocycles. The third kappa shape index (κ3) is 3.71. The minimum Gasteiger partial charge on any atom is -0.479 e. The van der Waals surface area contributed by atoms with Gasteiger partial charge in [0.05, 0.1) is 0 Å². The normalized spacial score (nSPS) is 14.7. The van der Waals surface area contributed by atoms with E-state index in [0.717, 1.165) is 0 Å². The Bertz CT molecular complexity index is 180. The summed E-state index contributed by atoms with van der Waals surface area (Å²) in [6, 6.07) is 0. The molecule has 0 heterocycles. The Labute approximate surface area is 81.4 Å². The maximum absolute atomic E-state index is 10.6. The SMILES string of the molecule is CCOC(C(=O)O)C(OCC)C(=O)O. The van der Waals surface area contributed by atoms with Crippen molar-refractivity contribution in [2.75, 3.05) is 13.2 Å². The summed E-state index contributed by atoms with van der Waals surface area (Å²) < 4.78 is 9.55. The molecular weight excluding hydrogens is 192 g/mol. The highest BCUT2D eigenvalue weighted by Crippen LogP contribution is 2.05. The van der Waals surface area contributed by atoms with Gasteiger partial charge in [-0.3, -0.25) is 0 Å². The van der Waals surface area contributed by atoms with Crippen molar-refractivity contribution in [2.45, 2.75) is 26.1 Å². The molecule has 2 unspecified atom stereocenters. The summed E-state index contributed by atoms with van der Waals surface area (Å²) in [5, 5.41) is 17.4. The highest BCUT2D eigenvalue weighted by atomic mass is 16.6. The maximum Gasteiger partial charge on any atom is 0.336 e. The van der Waals surface area contributed by atoms with Crippen LogP contribution in [0.5, 0.6) is 0 Å². The summed E-state index contributed by atoms with van der Waals surface area (Å²) in [7, 11) is 0. The highest BCUT2D eigenvalue weighted by Gasteiger charge is 2.35. The van der Waals surface area contributed by atoms with Crippen molar-refractivity contribution in [2.24, 2.45) is 0 Å². The van der Waals surface area contributed by atoms with Crippen LogP contribution >= 0.6 is 0 Å². The molecule has 6 heteroatoms. The van der Waals surface area contributed by atoms with Gasteiger partial charge < -0.3 is 19.7 Å². The smallest absolute Gasteiger partial charge is 0.336 e. The summed E-state index contributed by atoms with van der Waals surface area (Å²) in [6.45, 7) is 3.41.